The van der Waals surface area contributed by atoms with Crippen molar-refractivity contribution in [1.82, 2.24) is 5.32 Å². The van der Waals surface area contributed by atoms with Crippen LogP contribution in [0.3, 0.4) is 0 Å². The fraction of sp³-hybridized carbons (Fsp3) is 0.278. The quantitative estimate of drug-likeness (QED) is 0.826. The number of benzene rings is 2. The third-order valence-corrected chi connectivity index (χ3v) is 4.26. The van der Waals surface area contributed by atoms with Gasteiger partial charge in [-0.2, -0.15) is 0 Å². The molecule has 2 nitrogen and oxygen atoms in total. The first-order valence-corrected chi connectivity index (χ1v) is 7.59. The van der Waals surface area contributed by atoms with E-state index in [1.165, 1.54) is 0 Å². The Morgan fingerprint density at radius 2 is 1.71 bits per heavy atom. The van der Waals surface area contributed by atoms with Gasteiger partial charge in [0, 0.05) is 6.54 Å². The normalized spacial score (nSPS) is 13.5. The van der Waals surface area contributed by atoms with E-state index in [0.717, 1.165) is 16.7 Å². The zero-order valence-corrected chi connectivity index (χ0v) is 13.3. The van der Waals surface area contributed by atoms with Gasteiger partial charge >= 0.3 is 0 Å². The zero-order valence-electron chi connectivity index (χ0n) is 12.5. The third-order valence-electron chi connectivity index (χ3n) is 3.77. The highest BCUT2D eigenvalue weighted by atomic mass is 32.1. The minimum atomic E-state index is -1.12. The van der Waals surface area contributed by atoms with Gasteiger partial charge in [0.2, 0.25) is 0 Å². The topological polar surface area (TPSA) is 32.3 Å². The molecule has 2 aromatic rings. The molecule has 0 fully saturated rings. The molecule has 0 aliphatic carbocycles. The summed E-state index contributed by atoms with van der Waals surface area (Å²) < 4.78 is 0. The molecular formula is C18H21NOS. The highest BCUT2D eigenvalue weighted by Gasteiger charge is 2.33. The maximum atomic E-state index is 11.0. The van der Waals surface area contributed by atoms with Gasteiger partial charge in [0.25, 0.3) is 0 Å². The average molecular weight is 299 g/mol. The molecule has 0 aromatic heterocycles. The molecule has 0 amide bonds. The van der Waals surface area contributed by atoms with Gasteiger partial charge < -0.3 is 10.4 Å². The second kappa shape index (κ2) is 6.83. The van der Waals surface area contributed by atoms with Crippen LogP contribution < -0.4 is 5.32 Å². The van der Waals surface area contributed by atoms with Crippen LogP contribution >= 0.6 is 12.2 Å². The van der Waals surface area contributed by atoms with Crippen molar-refractivity contribution in [1.29, 1.82) is 0 Å². The van der Waals surface area contributed by atoms with Crippen molar-refractivity contribution in [2.45, 2.75) is 32.4 Å². The van der Waals surface area contributed by atoms with Crippen molar-refractivity contribution in [3.8, 4) is 0 Å². The Morgan fingerprint density at radius 3 is 2.33 bits per heavy atom. The lowest BCUT2D eigenvalue weighted by atomic mass is 9.87. The Bertz CT molecular complexity index is 612. The second-order valence-electron chi connectivity index (χ2n) is 5.20. The molecule has 0 saturated carbocycles. The van der Waals surface area contributed by atoms with Crippen LogP contribution in [0.5, 0.6) is 0 Å². The Hall–Kier alpha value is -1.71. The van der Waals surface area contributed by atoms with Crippen LogP contribution in [0.15, 0.2) is 54.6 Å². The van der Waals surface area contributed by atoms with E-state index in [1.807, 2.05) is 68.4 Å². The Balaban J connectivity index is 2.16. The second-order valence-corrected chi connectivity index (χ2v) is 5.61. The lowest BCUT2D eigenvalue weighted by Crippen LogP contribution is -2.42. The molecule has 0 aliphatic heterocycles. The summed E-state index contributed by atoms with van der Waals surface area (Å²) in [5, 5.41) is 14.2. The predicted molar refractivity (Wildman–Crippen MR) is 91.2 cm³/mol. The highest BCUT2D eigenvalue weighted by Crippen LogP contribution is 2.28. The first-order chi connectivity index (χ1) is 10.1. The fourth-order valence-electron chi connectivity index (χ4n) is 2.43. The molecule has 3 heteroatoms. The van der Waals surface area contributed by atoms with Gasteiger partial charge in [-0.1, -0.05) is 73.7 Å². The van der Waals surface area contributed by atoms with Crippen LogP contribution in [0, 0.1) is 6.92 Å². The average Bonchev–Trinajstić information content (AvgIpc) is 2.53. The maximum absolute atomic E-state index is 11.0. The number of nitrogens with one attached hydrogen (secondary N) is 1. The van der Waals surface area contributed by atoms with E-state index in [9.17, 15) is 5.11 Å². The summed E-state index contributed by atoms with van der Waals surface area (Å²) in [4.78, 5) is 0.475. The van der Waals surface area contributed by atoms with Crippen molar-refractivity contribution in [2.75, 3.05) is 0 Å². The summed E-state index contributed by atoms with van der Waals surface area (Å²) in [6.07, 6.45) is 0.540. The number of aryl methyl sites for hydroxylation is 1. The third kappa shape index (κ3) is 3.49. The lowest BCUT2D eigenvalue weighted by Gasteiger charge is -2.30. The summed E-state index contributed by atoms with van der Waals surface area (Å²) in [6.45, 7) is 4.56. The molecule has 0 radical (unpaired) electrons. The van der Waals surface area contributed by atoms with Gasteiger partial charge in [0.05, 0.1) is 0 Å². The molecule has 2 rings (SSSR count). The summed E-state index contributed by atoms with van der Waals surface area (Å²) in [5.41, 5.74) is 1.95. The molecular weight excluding hydrogens is 278 g/mol. The summed E-state index contributed by atoms with van der Waals surface area (Å²) in [6, 6.07) is 17.9. The minimum Gasteiger partial charge on any atom is -0.378 e. The van der Waals surface area contributed by atoms with Crippen molar-refractivity contribution >= 4 is 17.2 Å². The van der Waals surface area contributed by atoms with Crippen molar-refractivity contribution in [3.63, 3.8) is 0 Å². The Labute approximate surface area is 131 Å². The first-order valence-electron chi connectivity index (χ1n) is 7.18. The smallest absolute Gasteiger partial charge is 0.139 e. The molecule has 0 bridgehead atoms. The van der Waals surface area contributed by atoms with Gasteiger partial charge in [-0.3, -0.25) is 0 Å². The van der Waals surface area contributed by atoms with Crippen LogP contribution in [-0.2, 0) is 12.1 Å². The number of thiocarbonyl (C=S) groups is 1. The van der Waals surface area contributed by atoms with E-state index >= 15 is 0 Å². The molecule has 0 aliphatic rings. The van der Waals surface area contributed by atoms with Crippen LogP contribution in [0.2, 0.25) is 0 Å². The molecule has 0 heterocycles. The molecule has 0 spiro atoms. The first kappa shape index (κ1) is 15.7. The molecule has 1 atom stereocenters. The maximum Gasteiger partial charge on any atom is 0.139 e. The van der Waals surface area contributed by atoms with Crippen molar-refractivity contribution < 1.29 is 5.11 Å². The van der Waals surface area contributed by atoms with Crippen LogP contribution in [0.25, 0.3) is 0 Å². The number of hydrogen-bond donors (Lipinski definition) is 2. The van der Waals surface area contributed by atoms with E-state index in [0.29, 0.717) is 18.0 Å². The minimum absolute atomic E-state index is 0.475. The van der Waals surface area contributed by atoms with E-state index < -0.39 is 5.60 Å². The molecule has 1 unspecified atom stereocenters. The van der Waals surface area contributed by atoms with Crippen LogP contribution in [0.4, 0.5) is 0 Å². The van der Waals surface area contributed by atoms with Crippen molar-refractivity contribution in [3.05, 3.63) is 71.3 Å². The summed E-state index contributed by atoms with van der Waals surface area (Å²) in [7, 11) is 0. The molecule has 2 aromatic carbocycles. The Morgan fingerprint density at radius 1 is 1.10 bits per heavy atom. The van der Waals surface area contributed by atoms with Crippen LogP contribution in [0.1, 0.15) is 30.0 Å². The fourth-order valence-corrected chi connectivity index (χ4v) is 2.76. The van der Waals surface area contributed by atoms with E-state index in [1.54, 1.807) is 0 Å². The van der Waals surface area contributed by atoms with E-state index in [2.05, 4.69) is 5.32 Å². The standard InChI is InChI=1S/C18H21NOS/c1-3-18(20,16-12-8-7-9-14(16)2)17(21)19-13-15-10-5-4-6-11-15/h4-12,20H,3,13H2,1-2H3,(H,19,21). The molecule has 2 N–H and O–H groups in total. The summed E-state index contributed by atoms with van der Waals surface area (Å²) in [5.74, 6) is 0. The highest BCUT2D eigenvalue weighted by molar-refractivity contribution is 7.80. The van der Waals surface area contributed by atoms with E-state index in [-0.39, 0.29) is 0 Å². The largest absolute Gasteiger partial charge is 0.378 e. The van der Waals surface area contributed by atoms with Gasteiger partial charge in [-0.05, 0) is 30.0 Å². The summed E-state index contributed by atoms with van der Waals surface area (Å²) >= 11 is 5.47. The molecule has 0 saturated heterocycles. The molecule has 110 valence electrons. The molecule has 21 heavy (non-hydrogen) atoms. The van der Waals surface area contributed by atoms with Gasteiger partial charge in [-0.25, -0.2) is 0 Å². The van der Waals surface area contributed by atoms with E-state index in [4.69, 9.17) is 12.2 Å². The van der Waals surface area contributed by atoms with Gasteiger partial charge in [0.15, 0.2) is 0 Å². The van der Waals surface area contributed by atoms with Gasteiger partial charge in [0.1, 0.15) is 10.6 Å². The lowest BCUT2D eigenvalue weighted by molar-refractivity contribution is 0.105. The van der Waals surface area contributed by atoms with Crippen molar-refractivity contribution in [2.24, 2.45) is 0 Å². The number of rotatable bonds is 5. The monoisotopic (exact) mass is 299 g/mol. The number of aliphatic hydroxyl groups is 1. The van der Waals surface area contributed by atoms with Crippen LogP contribution in [-0.4, -0.2) is 10.1 Å². The Kier molecular flexibility index (Phi) is 5.10. The van der Waals surface area contributed by atoms with Gasteiger partial charge in [-0.15, -0.1) is 0 Å². The zero-order chi connectivity index (χ0) is 15.3. The SMILES string of the molecule is CCC(O)(C(=S)NCc1ccccc1)c1ccccc1C. The number of hydrogen-bond acceptors (Lipinski definition) is 2. The predicted octanol–water partition coefficient (Wildman–Crippen LogP) is 3.71.